The van der Waals surface area contributed by atoms with Crippen molar-refractivity contribution in [2.24, 2.45) is 0 Å². The molecule has 0 spiro atoms. The van der Waals surface area contributed by atoms with Crippen LogP contribution in [0.5, 0.6) is 11.5 Å². The van der Waals surface area contributed by atoms with E-state index in [9.17, 15) is 32.9 Å². The molecule has 0 saturated carbocycles. The Morgan fingerprint density at radius 3 is 2.17 bits per heavy atom. The fourth-order valence-electron chi connectivity index (χ4n) is 6.53. The molecule has 1 aliphatic rings. The number of aryl methyl sites for hydroxylation is 1. The smallest absolute Gasteiger partial charge is 0.411 e. The van der Waals surface area contributed by atoms with E-state index >= 15 is 0 Å². The van der Waals surface area contributed by atoms with Crippen molar-refractivity contribution in [3.8, 4) is 22.6 Å². The van der Waals surface area contributed by atoms with Crippen LogP contribution in [0.4, 0.5) is 10.5 Å². The monoisotopic (exact) mass is 862 g/mol. The third-order valence-electron chi connectivity index (χ3n) is 9.66. The number of unbranched alkanes of at least 4 members (excludes halogenated alkanes) is 3. The van der Waals surface area contributed by atoms with Crippen LogP contribution >= 0.6 is 11.6 Å². The number of hydrogen-bond donors (Lipinski definition) is 2. The number of carbonyl (C=O) groups is 3. The Labute approximate surface area is 355 Å². The number of halogens is 1. The maximum Gasteiger partial charge on any atom is 0.411 e. The molecule has 0 aromatic heterocycles. The van der Waals surface area contributed by atoms with Gasteiger partial charge in [-0.15, -0.1) is 0 Å². The van der Waals surface area contributed by atoms with Gasteiger partial charge in [0.05, 0.1) is 23.0 Å². The Hall–Kier alpha value is -5.67. The lowest BCUT2D eigenvalue weighted by atomic mass is 10.0. The molecule has 1 saturated heterocycles. The Morgan fingerprint density at radius 1 is 0.917 bits per heavy atom. The molecule has 60 heavy (non-hydrogen) atoms. The quantitative estimate of drug-likeness (QED) is 0.0597. The predicted molar refractivity (Wildman–Crippen MR) is 228 cm³/mol. The number of hydrogen-bond acceptors (Lipinski definition) is 10. The molecule has 3 atom stereocenters. The van der Waals surface area contributed by atoms with Crippen molar-refractivity contribution >= 4 is 45.2 Å². The summed E-state index contributed by atoms with van der Waals surface area (Å²) in [7, 11) is -4.70. The number of likely N-dealkylation sites (tertiary alicyclic amines) is 1. The Morgan fingerprint density at radius 2 is 1.55 bits per heavy atom. The van der Waals surface area contributed by atoms with Crippen LogP contribution in [0, 0.1) is 17.0 Å². The molecule has 5 rings (SSSR count). The Bertz CT molecular complexity index is 2250. The minimum atomic E-state index is -4.70. The second-order valence-electron chi connectivity index (χ2n) is 15.7. The highest BCUT2D eigenvalue weighted by Crippen LogP contribution is 2.29. The molecule has 1 aliphatic heterocycles. The standard InChI is InChI=1S/C44H51ClN4O10S/c1-6-7-8-9-24-57-33-18-12-30(13-19-33)25-38(41(50)47-60(55,56)36-22-23-37(45)39(27-36)49(53)54)46-42(51)40-26-35(28-48(40)43(52)59-44(3,4)5)58-34-20-16-32(17-21-34)31-14-10-29(2)11-15-31/h10-23,27,35,38,40H,6-9,24-26,28H2,1-5H3,(H,46,51)(H,47,50)/t35-,38-,40-/m0/s1. The number of nitro benzene ring substituents is 1. The summed E-state index contributed by atoms with van der Waals surface area (Å²) < 4.78 is 46.6. The highest BCUT2D eigenvalue weighted by Gasteiger charge is 2.44. The highest BCUT2D eigenvalue weighted by atomic mass is 35.5. The van der Waals surface area contributed by atoms with Crippen molar-refractivity contribution < 1.29 is 41.9 Å². The number of nitrogens with one attached hydrogen (secondary N) is 2. The van der Waals surface area contributed by atoms with Crippen LogP contribution in [0.2, 0.25) is 5.02 Å². The van der Waals surface area contributed by atoms with Crippen LogP contribution in [0.1, 0.15) is 70.9 Å². The van der Waals surface area contributed by atoms with Crippen molar-refractivity contribution in [3.63, 3.8) is 0 Å². The number of sulfonamides is 1. The third-order valence-corrected chi connectivity index (χ3v) is 11.3. The third kappa shape index (κ3) is 12.7. The fraction of sp³-hybridized carbons (Fsp3) is 0.386. The van der Waals surface area contributed by atoms with E-state index < -0.39 is 67.2 Å². The second-order valence-corrected chi connectivity index (χ2v) is 17.8. The van der Waals surface area contributed by atoms with Crippen molar-refractivity contribution in [1.29, 1.82) is 0 Å². The SMILES string of the molecule is CCCCCCOc1ccc(C[C@H](NC(=O)[C@@H]2C[C@H](Oc3ccc(-c4ccc(C)cc4)cc3)CN2C(=O)OC(C)(C)C)C(=O)NS(=O)(=O)c2ccc(Cl)c([N+](=O)[O-])c2)cc1. The number of rotatable bonds is 17. The van der Waals surface area contributed by atoms with Gasteiger partial charge in [-0.3, -0.25) is 24.6 Å². The molecule has 0 bridgehead atoms. The van der Waals surface area contributed by atoms with Crippen molar-refractivity contribution in [2.45, 2.75) is 102 Å². The maximum absolute atomic E-state index is 14.2. The molecule has 1 fully saturated rings. The first-order valence-electron chi connectivity index (χ1n) is 19.8. The summed E-state index contributed by atoms with van der Waals surface area (Å²) >= 11 is 5.90. The molecule has 4 aromatic carbocycles. The summed E-state index contributed by atoms with van der Waals surface area (Å²) in [5.74, 6) is -0.768. The topological polar surface area (TPSA) is 183 Å². The van der Waals surface area contributed by atoms with E-state index in [4.69, 9.17) is 25.8 Å². The first kappa shape index (κ1) is 45.4. The van der Waals surface area contributed by atoms with E-state index in [2.05, 4.69) is 12.2 Å². The Balaban J connectivity index is 1.38. The van der Waals surface area contributed by atoms with E-state index in [1.54, 1.807) is 57.2 Å². The van der Waals surface area contributed by atoms with Gasteiger partial charge in [-0.2, -0.15) is 0 Å². The lowest BCUT2D eigenvalue weighted by Crippen LogP contribution is -2.55. The van der Waals surface area contributed by atoms with Gasteiger partial charge in [-0.05, 0) is 87.2 Å². The van der Waals surface area contributed by atoms with Gasteiger partial charge >= 0.3 is 6.09 Å². The lowest BCUT2D eigenvalue weighted by molar-refractivity contribution is -0.384. The minimum absolute atomic E-state index is 0.0206. The zero-order chi connectivity index (χ0) is 43.6. The van der Waals surface area contributed by atoms with E-state index in [0.717, 1.165) is 60.6 Å². The van der Waals surface area contributed by atoms with E-state index in [-0.39, 0.29) is 24.4 Å². The molecule has 2 N–H and O–H groups in total. The van der Waals surface area contributed by atoms with Crippen molar-refractivity contribution in [2.75, 3.05) is 13.2 Å². The van der Waals surface area contributed by atoms with Crippen LogP contribution in [0.3, 0.4) is 0 Å². The van der Waals surface area contributed by atoms with Gasteiger partial charge in [-0.1, -0.05) is 91.9 Å². The average Bonchev–Trinajstić information content (AvgIpc) is 3.62. The van der Waals surface area contributed by atoms with E-state index in [1.807, 2.05) is 48.0 Å². The summed E-state index contributed by atoms with van der Waals surface area (Å²) in [4.78, 5) is 53.0. The maximum atomic E-state index is 14.2. The predicted octanol–water partition coefficient (Wildman–Crippen LogP) is 8.17. The first-order chi connectivity index (χ1) is 28.4. The number of amides is 3. The second kappa shape index (κ2) is 20.1. The molecular formula is C44H51ClN4O10S. The summed E-state index contributed by atoms with van der Waals surface area (Å²) in [6.07, 6.45) is 2.56. The summed E-state index contributed by atoms with van der Waals surface area (Å²) in [5, 5.41) is 13.9. The van der Waals surface area contributed by atoms with Gasteiger partial charge in [0.1, 0.15) is 40.3 Å². The van der Waals surface area contributed by atoms with Crippen LogP contribution in [0.15, 0.2) is 95.9 Å². The van der Waals surface area contributed by atoms with Gasteiger partial charge in [0.25, 0.3) is 21.6 Å². The molecule has 1 heterocycles. The summed E-state index contributed by atoms with van der Waals surface area (Å²) in [6, 6.07) is 22.5. The Kier molecular flexibility index (Phi) is 15.2. The van der Waals surface area contributed by atoms with Crippen LogP contribution in [0.25, 0.3) is 11.1 Å². The molecular weight excluding hydrogens is 812 g/mol. The lowest BCUT2D eigenvalue weighted by Gasteiger charge is -2.28. The van der Waals surface area contributed by atoms with Gasteiger partial charge < -0.3 is 19.5 Å². The first-order valence-corrected chi connectivity index (χ1v) is 21.6. The number of nitro groups is 1. The van der Waals surface area contributed by atoms with E-state index in [1.165, 1.54) is 4.90 Å². The van der Waals surface area contributed by atoms with Crippen LogP contribution in [-0.2, 0) is 30.8 Å². The molecule has 3 amide bonds. The molecule has 320 valence electrons. The molecule has 14 nitrogen and oxygen atoms in total. The normalized spacial score (nSPS) is 15.8. The number of nitrogens with zero attached hydrogens (tertiary/aromatic N) is 2. The number of ether oxygens (including phenoxy) is 3. The molecule has 0 radical (unpaired) electrons. The largest absolute Gasteiger partial charge is 0.494 e. The van der Waals surface area contributed by atoms with Gasteiger partial charge in [-0.25, -0.2) is 17.9 Å². The van der Waals surface area contributed by atoms with Gasteiger partial charge in [0.15, 0.2) is 0 Å². The molecule has 16 heteroatoms. The highest BCUT2D eigenvalue weighted by molar-refractivity contribution is 7.90. The number of carbonyl (C=O) groups excluding carboxylic acids is 3. The zero-order valence-corrected chi connectivity index (χ0v) is 35.9. The van der Waals surface area contributed by atoms with Crippen LogP contribution in [-0.4, -0.2) is 73.1 Å². The summed E-state index contributed by atoms with van der Waals surface area (Å²) in [5.41, 5.74) is 2.13. The van der Waals surface area contributed by atoms with E-state index in [0.29, 0.717) is 23.7 Å². The molecule has 0 aliphatic carbocycles. The number of benzene rings is 4. The molecule has 4 aromatic rings. The fourth-order valence-corrected chi connectivity index (χ4v) is 7.76. The zero-order valence-electron chi connectivity index (χ0n) is 34.3. The van der Waals surface area contributed by atoms with Gasteiger partial charge in [0, 0.05) is 18.9 Å². The van der Waals surface area contributed by atoms with Crippen LogP contribution < -0.4 is 19.5 Å². The summed E-state index contributed by atoms with van der Waals surface area (Å²) in [6.45, 7) is 9.72. The van der Waals surface area contributed by atoms with Crippen molar-refractivity contribution in [3.05, 3.63) is 117 Å². The molecule has 0 unspecified atom stereocenters. The average molecular weight is 863 g/mol. The van der Waals surface area contributed by atoms with Gasteiger partial charge in [0.2, 0.25) is 5.91 Å². The minimum Gasteiger partial charge on any atom is -0.494 e. The van der Waals surface area contributed by atoms with Crippen molar-refractivity contribution in [1.82, 2.24) is 14.9 Å².